The van der Waals surface area contributed by atoms with E-state index in [-0.39, 0.29) is 24.4 Å². The van der Waals surface area contributed by atoms with Crippen LogP contribution in [-0.4, -0.2) is 52.5 Å². The SMILES string of the molecule is O=C(O)CN1C[C@@H]2CC[C@H](C1)N(Cc1ccccc1)C2=O. The summed E-state index contributed by atoms with van der Waals surface area (Å²) in [5.74, 6) is -0.687. The summed E-state index contributed by atoms with van der Waals surface area (Å²) < 4.78 is 0. The number of hydrogen-bond acceptors (Lipinski definition) is 3. The molecule has 0 aliphatic carbocycles. The maximum atomic E-state index is 12.6. The summed E-state index contributed by atoms with van der Waals surface area (Å²) in [6, 6.07) is 10.1. The average molecular weight is 288 g/mol. The third-order valence-electron chi connectivity index (χ3n) is 4.42. The minimum absolute atomic E-state index is 0.0272. The molecule has 1 amide bonds. The predicted molar refractivity (Wildman–Crippen MR) is 77.6 cm³/mol. The number of carboxylic acids is 1. The van der Waals surface area contributed by atoms with Gasteiger partial charge in [0.2, 0.25) is 5.91 Å². The molecule has 1 N–H and O–H groups in total. The minimum atomic E-state index is -0.821. The normalized spacial score (nSPS) is 25.9. The highest BCUT2D eigenvalue weighted by Crippen LogP contribution is 2.30. The van der Waals surface area contributed by atoms with E-state index in [1.54, 1.807) is 0 Å². The Hall–Kier alpha value is -1.88. The van der Waals surface area contributed by atoms with Gasteiger partial charge in [0.1, 0.15) is 0 Å². The van der Waals surface area contributed by atoms with Crippen molar-refractivity contribution in [2.45, 2.75) is 25.4 Å². The lowest BCUT2D eigenvalue weighted by Gasteiger charge is -2.36. The topological polar surface area (TPSA) is 60.9 Å². The van der Waals surface area contributed by atoms with Crippen LogP contribution in [0.2, 0.25) is 0 Å². The van der Waals surface area contributed by atoms with Crippen molar-refractivity contribution in [2.75, 3.05) is 19.6 Å². The fourth-order valence-electron chi connectivity index (χ4n) is 3.44. The molecule has 1 aromatic carbocycles. The molecule has 4 rings (SSSR count). The van der Waals surface area contributed by atoms with E-state index in [1.807, 2.05) is 40.1 Å². The van der Waals surface area contributed by atoms with Crippen LogP contribution >= 0.6 is 0 Å². The van der Waals surface area contributed by atoms with Crippen LogP contribution in [0.15, 0.2) is 30.3 Å². The second-order valence-electron chi connectivity index (χ2n) is 5.97. The van der Waals surface area contributed by atoms with Gasteiger partial charge in [0, 0.05) is 25.7 Å². The summed E-state index contributed by atoms with van der Waals surface area (Å²) in [4.78, 5) is 27.4. The molecule has 5 heteroatoms. The Morgan fingerprint density at radius 2 is 1.95 bits per heavy atom. The van der Waals surface area contributed by atoms with Gasteiger partial charge in [0.15, 0.2) is 0 Å². The van der Waals surface area contributed by atoms with E-state index >= 15 is 0 Å². The van der Waals surface area contributed by atoms with Crippen LogP contribution in [-0.2, 0) is 16.1 Å². The molecular weight excluding hydrogens is 268 g/mol. The highest BCUT2D eigenvalue weighted by Gasteiger charge is 2.40. The minimum Gasteiger partial charge on any atom is -0.480 e. The Morgan fingerprint density at radius 3 is 2.67 bits per heavy atom. The van der Waals surface area contributed by atoms with Gasteiger partial charge in [0.05, 0.1) is 12.5 Å². The predicted octanol–water partition coefficient (Wildman–Crippen LogP) is 1.19. The highest BCUT2D eigenvalue weighted by molar-refractivity contribution is 5.81. The summed E-state index contributed by atoms with van der Waals surface area (Å²) in [7, 11) is 0. The monoisotopic (exact) mass is 288 g/mol. The van der Waals surface area contributed by atoms with Gasteiger partial charge in [0.25, 0.3) is 0 Å². The number of fused-ring (bicyclic) bond motifs is 4. The first-order chi connectivity index (χ1) is 10.1. The summed E-state index contributed by atoms with van der Waals surface area (Å²) >= 11 is 0. The quantitative estimate of drug-likeness (QED) is 0.904. The molecule has 3 fully saturated rings. The lowest BCUT2D eigenvalue weighted by molar-refractivity contribution is -0.141. The fraction of sp³-hybridized carbons (Fsp3) is 0.500. The number of carbonyl (C=O) groups is 2. The van der Waals surface area contributed by atoms with Crippen molar-refractivity contribution in [3.05, 3.63) is 35.9 Å². The van der Waals surface area contributed by atoms with Crippen molar-refractivity contribution in [1.82, 2.24) is 9.80 Å². The number of carbonyl (C=O) groups excluding carboxylic acids is 1. The summed E-state index contributed by atoms with van der Waals surface area (Å²) in [5, 5.41) is 8.98. The number of nitrogens with zero attached hydrogens (tertiary/aromatic N) is 2. The van der Waals surface area contributed by atoms with Crippen LogP contribution in [0.5, 0.6) is 0 Å². The molecule has 3 aliphatic heterocycles. The molecule has 0 spiro atoms. The molecule has 1 aromatic rings. The summed E-state index contributed by atoms with van der Waals surface area (Å²) in [5.41, 5.74) is 1.13. The second-order valence-corrected chi connectivity index (χ2v) is 5.97. The van der Waals surface area contributed by atoms with Crippen LogP contribution < -0.4 is 0 Å². The standard InChI is InChI=1S/C16H20N2O3/c19-15(20)11-17-9-13-6-7-14(10-17)18(16(13)21)8-12-4-2-1-3-5-12/h1-5,13-14H,6-11H2,(H,19,20)/t13-,14+/m0/s1. The summed E-state index contributed by atoms with van der Waals surface area (Å²) in [6.07, 6.45) is 1.85. The second kappa shape index (κ2) is 5.85. The largest absolute Gasteiger partial charge is 0.480 e. The van der Waals surface area contributed by atoms with E-state index in [2.05, 4.69) is 0 Å². The maximum Gasteiger partial charge on any atom is 0.317 e. The molecular formula is C16H20N2O3. The Kier molecular flexibility index (Phi) is 3.92. The molecule has 3 saturated heterocycles. The van der Waals surface area contributed by atoms with E-state index in [9.17, 15) is 9.59 Å². The number of amides is 1. The van der Waals surface area contributed by atoms with Crippen LogP contribution in [0, 0.1) is 5.92 Å². The third-order valence-corrected chi connectivity index (χ3v) is 4.42. The smallest absolute Gasteiger partial charge is 0.317 e. The molecule has 21 heavy (non-hydrogen) atoms. The zero-order valence-corrected chi connectivity index (χ0v) is 11.9. The number of hydrogen-bond donors (Lipinski definition) is 1. The van der Waals surface area contributed by atoms with Crippen LogP contribution in [0.1, 0.15) is 18.4 Å². The molecule has 112 valence electrons. The average Bonchev–Trinajstić information content (AvgIpc) is 2.72. The van der Waals surface area contributed by atoms with E-state index in [0.717, 1.165) is 18.4 Å². The molecule has 3 heterocycles. The first kappa shape index (κ1) is 14.1. The third kappa shape index (κ3) is 3.08. The van der Waals surface area contributed by atoms with Crippen molar-refractivity contribution in [3.63, 3.8) is 0 Å². The molecule has 5 nitrogen and oxygen atoms in total. The van der Waals surface area contributed by atoms with Crippen molar-refractivity contribution >= 4 is 11.9 Å². The molecule has 0 aromatic heterocycles. The van der Waals surface area contributed by atoms with E-state index in [0.29, 0.717) is 19.6 Å². The lowest BCUT2D eigenvalue weighted by atomic mass is 9.93. The van der Waals surface area contributed by atoms with E-state index < -0.39 is 5.97 Å². The molecule has 0 saturated carbocycles. The Balaban J connectivity index is 1.76. The lowest BCUT2D eigenvalue weighted by Crippen LogP contribution is -2.47. The molecule has 3 aliphatic rings. The first-order valence-electron chi connectivity index (χ1n) is 7.42. The van der Waals surface area contributed by atoms with Crippen molar-refractivity contribution in [1.29, 1.82) is 0 Å². The van der Waals surface area contributed by atoms with Crippen molar-refractivity contribution in [3.8, 4) is 0 Å². The van der Waals surface area contributed by atoms with Gasteiger partial charge in [-0.1, -0.05) is 30.3 Å². The highest BCUT2D eigenvalue weighted by atomic mass is 16.4. The van der Waals surface area contributed by atoms with Gasteiger partial charge in [-0.3, -0.25) is 14.5 Å². The molecule has 2 atom stereocenters. The Morgan fingerprint density at radius 1 is 1.19 bits per heavy atom. The Labute approximate surface area is 124 Å². The zero-order chi connectivity index (χ0) is 14.8. The van der Waals surface area contributed by atoms with Crippen molar-refractivity contribution < 1.29 is 14.7 Å². The number of piperidine rings is 1. The van der Waals surface area contributed by atoms with Crippen LogP contribution in [0.3, 0.4) is 0 Å². The van der Waals surface area contributed by atoms with E-state index in [1.165, 1.54) is 0 Å². The maximum absolute atomic E-state index is 12.6. The number of aliphatic carboxylic acids is 1. The number of carboxylic acid groups (broad SMARTS) is 1. The van der Waals surface area contributed by atoms with Crippen LogP contribution in [0.25, 0.3) is 0 Å². The summed E-state index contributed by atoms with van der Waals surface area (Å²) in [6.45, 7) is 1.90. The van der Waals surface area contributed by atoms with Gasteiger partial charge in [-0.15, -0.1) is 0 Å². The first-order valence-corrected chi connectivity index (χ1v) is 7.42. The van der Waals surface area contributed by atoms with Gasteiger partial charge >= 0.3 is 5.97 Å². The zero-order valence-electron chi connectivity index (χ0n) is 11.9. The Bertz CT molecular complexity index is 532. The van der Waals surface area contributed by atoms with Gasteiger partial charge < -0.3 is 10.0 Å². The molecule has 0 radical (unpaired) electrons. The molecule has 0 unspecified atom stereocenters. The van der Waals surface area contributed by atoms with E-state index in [4.69, 9.17) is 5.11 Å². The van der Waals surface area contributed by atoms with Gasteiger partial charge in [-0.25, -0.2) is 0 Å². The van der Waals surface area contributed by atoms with Crippen LogP contribution in [0.4, 0.5) is 0 Å². The number of rotatable bonds is 4. The van der Waals surface area contributed by atoms with Gasteiger partial charge in [-0.05, 0) is 18.4 Å². The van der Waals surface area contributed by atoms with Gasteiger partial charge in [-0.2, -0.15) is 0 Å². The molecule has 2 bridgehead atoms. The number of benzene rings is 1. The fourth-order valence-corrected chi connectivity index (χ4v) is 3.44. The van der Waals surface area contributed by atoms with Crippen molar-refractivity contribution in [2.24, 2.45) is 5.92 Å².